The number of thiazole rings is 1. The van der Waals surface area contributed by atoms with E-state index in [4.69, 9.17) is 9.98 Å². The molecule has 1 fully saturated rings. The van der Waals surface area contributed by atoms with Crippen LogP contribution in [0.5, 0.6) is 0 Å². The summed E-state index contributed by atoms with van der Waals surface area (Å²) in [7, 11) is 0. The van der Waals surface area contributed by atoms with Gasteiger partial charge in [0, 0.05) is 29.8 Å². The van der Waals surface area contributed by atoms with Gasteiger partial charge in [-0.3, -0.25) is 0 Å². The molecule has 0 aliphatic carbocycles. The van der Waals surface area contributed by atoms with Gasteiger partial charge in [0.15, 0.2) is 0 Å². The lowest BCUT2D eigenvalue weighted by atomic mass is 9.99. The van der Waals surface area contributed by atoms with Crippen molar-refractivity contribution in [2.45, 2.75) is 19.8 Å². The minimum atomic E-state index is -0.248. The minimum Gasteiger partial charge on any atom is -0.356 e. The van der Waals surface area contributed by atoms with Crippen LogP contribution in [0, 0.1) is 11.7 Å². The number of hydrogen-bond acceptors (Lipinski definition) is 3. The van der Waals surface area contributed by atoms with Crippen LogP contribution in [0.1, 0.15) is 25.3 Å². The molecular formula is C28H26FN3S. The van der Waals surface area contributed by atoms with E-state index in [9.17, 15) is 4.39 Å². The van der Waals surface area contributed by atoms with E-state index in [-0.39, 0.29) is 5.82 Å². The van der Waals surface area contributed by atoms with Crippen LogP contribution in [0.3, 0.4) is 0 Å². The monoisotopic (exact) mass is 455 g/mol. The summed E-state index contributed by atoms with van der Waals surface area (Å²) in [5.74, 6) is 1.38. The number of likely N-dealkylation sites (tertiary alicyclic amines) is 1. The molecule has 0 spiro atoms. The number of piperidine rings is 1. The number of benzene rings is 3. The lowest BCUT2D eigenvalue weighted by Gasteiger charge is -2.33. The Balaban J connectivity index is 1.65. The van der Waals surface area contributed by atoms with E-state index in [0.717, 1.165) is 51.3 Å². The maximum Gasteiger partial charge on any atom is 0.146 e. The second-order valence-corrected chi connectivity index (χ2v) is 9.52. The molecule has 0 saturated carbocycles. The molecule has 166 valence electrons. The fourth-order valence-corrected chi connectivity index (χ4v) is 5.24. The third kappa shape index (κ3) is 4.88. The molecule has 33 heavy (non-hydrogen) atoms. The fraction of sp³-hybridized carbons (Fsp3) is 0.214. The first-order valence-electron chi connectivity index (χ1n) is 11.4. The van der Waals surface area contributed by atoms with Gasteiger partial charge < -0.3 is 4.90 Å². The highest BCUT2D eigenvalue weighted by Gasteiger charge is 2.22. The van der Waals surface area contributed by atoms with Gasteiger partial charge in [-0.15, -0.1) is 0 Å². The number of rotatable bonds is 4. The molecular weight excluding hydrogens is 429 g/mol. The standard InChI is InChI=1S/C28H26FN3S/c1-20-9-8-18-32(19-20)26(22-12-6-3-7-13-22)31-28-25(21-10-4-2-5-11-21)30-27(33-28)23-14-16-24(29)17-15-23/h2-7,10-17,20H,8-9,18-19H2,1H3. The lowest BCUT2D eigenvalue weighted by Crippen LogP contribution is -2.39. The molecule has 3 nitrogen and oxygen atoms in total. The number of aliphatic imine (C=N–C) groups is 1. The zero-order chi connectivity index (χ0) is 22.6. The third-order valence-corrected chi connectivity index (χ3v) is 6.94. The van der Waals surface area contributed by atoms with Gasteiger partial charge in [0.2, 0.25) is 0 Å². The van der Waals surface area contributed by atoms with Crippen LogP contribution >= 0.6 is 11.3 Å². The molecule has 0 radical (unpaired) electrons. The summed E-state index contributed by atoms with van der Waals surface area (Å²) < 4.78 is 13.5. The predicted molar refractivity (Wildman–Crippen MR) is 136 cm³/mol. The van der Waals surface area contributed by atoms with E-state index >= 15 is 0 Å². The lowest BCUT2D eigenvalue weighted by molar-refractivity contribution is 0.274. The molecule has 5 heteroatoms. The van der Waals surface area contributed by atoms with Crippen molar-refractivity contribution in [3.8, 4) is 21.8 Å². The number of hydrogen-bond donors (Lipinski definition) is 0. The largest absolute Gasteiger partial charge is 0.356 e. The minimum absolute atomic E-state index is 0.248. The van der Waals surface area contributed by atoms with Crippen molar-refractivity contribution in [1.29, 1.82) is 0 Å². The second kappa shape index (κ2) is 9.67. The van der Waals surface area contributed by atoms with Crippen molar-refractivity contribution < 1.29 is 4.39 Å². The molecule has 1 aliphatic heterocycles. The summed E-state index contributed by atoms with van der Waals surface area (Å²) in [5, 5.41) is 1.71. The fourth-order valence-electron chi connectivity index (χ4n) is 4.27. The number of nitrogens with zero attached hydrogens (tertiary/aromatic N) is 3. The molecule has 5 rings (SSSR count). The first kappa shape index (κ1) is 21.5. The van der Waals surface area contributed by atoms with E-state index in [0.29, 0.717) is 5.92 Å². The Labute approximate surface area is 198 Å². The van der Waals surface area contributed by atoms with Gasteiger partial charge in [0.25, 0.3) is 0 Å². The summed E-state index contributed by atoms with van der Waals surface area (Å²) in [5.41, 5.74) is 3.90. The van der Waals surface area contributed by atoms with E-state index in [1.807, 2.05) is 24.3 Å². The summed E-state index contributed by atoms with van der Waals surface area (Å²) in [6.45, 7) is 4.31. The zero-order valence-electron chi connectivity index (χ0n) is 18.6. The number of halogens is 1. The Morgan fingerprint density at radius 2 is 1.64 bits per heavy atom. The highest BCUT2D eigenvalue weighted by atomic mass is 32.1. The number of amidine groups is 1. The molecule has 3 aromatic carbocycles. The van der Waals surface area contributed by atoms with Crippen LogP contribution in [0.2, 0.25) is 0 Å². The van der Waals surface area contributed by atoms with Crippen LogP contribution in [-0.2, 0) is 0 Å². The van der Waals surface area contributed by atoms with Gasteiger partial charge in [-0.05, 0) is 43.0 Å². The maximum absolute atomic E-state index is 13.5. The van der Waals surface area contributed by atoms with Gasteiger partial charge in [0.1, 0.15) is 27.4 Å². The molecule has 0 N–H and O–H groups in total. The van der Waals surface area contributed by atoms with Crippen molar-refractivity contribution in [2.24, 2.45) is 10.9 Å². The zero-order valence-corrected chi connectivity index (χ0v) is 19.4. The first-order chi connectivity index (χ1) is 16.2. The van der Waals surface area contributed by atoms with Crippen molar-refractivity contribution >= 4 is 22.2 Å². The summed E-state index contributed by atoms with van der Waals surface area (Å²) >= 11 is 1.55. The molecule has 1 aliphatic rings. The molecule has 4 aromatic rings. The molecule has 0 amide bonds. The maximum atomic E-state index is 13.5. The molecule has 0 bridgehead atoms. The van der Waals surface area contributed by atoms with Crippen molar-refractivity contribution in [3.63, 3.8) is 0 Å². The normalized spacial score (nSPS) is 16.7. The summed E-state index contributed by atoms with van der Waals surface area (Å²) in [6, 6.07) is 27.1. The summed E-state index contributed by atoms with van der Waals surface area (Å²) in [6.07, 6.45) is 2.42. The van der Waals surface area contributed by atoms with Crippen LogP contribution in [0.25, 0.3) is 21.8 Å². The molecule has 1 aromatic heterocycles. The first-order valence-corrected chi connectivity index (χ1v) is 12.2. The van der Waals surface area contributed by atoms with E-state index in [2.05, 4.69) is 48.2 Å². The van der Waals surface area contributed by atoms with E-state index in [1.165, 1.54) is 25.0 Å². The van der Waals surface area contributed by atoms with Gasteiger partial charge in [0.05, 0.1) is 0 Å². The smallest absolute Gasteiger partial charge is 0.146 e. The average molecular weight is 456 g/mol. The van der Waals surface area contributed by atoms with Crippen LogP contribution in [-0.4, -0.2) is 28.8 Å². The van der Waals surface area contributed by atoms with Gasteiger partial charge in [-0.1, -0.05) is 78.9 Å². The van der Waals surface area contributed by atoms with Crippen molar-refractivity contribution in [2.75, 3.05) is 13.1 Å². The Bertz CT molecular complexity index is 1230. The quantitative estimate of drug-likeness (QED) is 0.236. The van der Waals surface area contributed by atoms with E-state index in [1.54, 1.807) is 23.5 Å². The third-order valence-electron chi connectivity index (χ3n) is 5.94. The van der Waals surface area contributed by atoms with E-state index < -0.39 is 0 Å². The van der Waals surface area contributed by atoms with Gasteiger partial charge in [-0.25, -0.2) is 14.4 Å². The van der Waals surface area contributed by atoms with Crippen LogP contribution in [0.15, 0.2) is 89.9 Å². The molecule has 1 atom stereocenters. The number of aromatic nitrogens is 1. The SMILES string of the molecule is CC1CCCN(C(=Nc2sc(-c3ccc(F)cc3)nc2-c2ccccc2)c2ccccc2)C1. The molecule has 1 saturated heterocycles. The van der Waals surface area contributed by atoms with Gasteiger partial charge >= 0.3 is 0 Å². The van der Waals surface area contributed by atoms with Crippen LogP contribution < -0.4 is 0 Å². The topological polar surface area (TPSA) is 28.5 Å². The average Bonchev–Trinajstić information content (AvgIpc) is 3.28. The van der Waals surface area contributed by atoms with Crippen LogP contribution in [0.4, 0.5) is 9.39 Å². The Morgan fingerprint density at radius 1 is 0.939 bits per heavy atom. The predicted octanol–water partition coefficient (Wildman–Crippen LogP) is 7.43. The Morgan fingerprint density at radius 3 is 2.33 bits per heavy atom. The van der Waals surface area contributed by atoms with Crippen molar-refractivity contribution in [1.82, 2.24) is 9.88 Å². The highest BCUT2D eigenvalue weighted by Crippen LogP contribution is 2.40. The Hall–Kier alpha value is -3.31. The van der Waals surface area contributed by atoms with Gasteiger partial charge in [-0.2, -0.15) is 0 Å². The molecule has 2 heterocycles. The second-order valence-electron chi connectivity index (χ2n) is 8.54. The molecule has 1 unspecified atom stereocenters. The Kier molecular flexibility index (Phi) is 6.31. The highest BCUT2D eigenvalue weighted by molar-refractivity contribution is 7.19. The summed E-state index contributed by atoms with van der Waals surface area (Å²) in [4.78, 5) is 12.6. The van der Waals surface area contributed by atoms with Crippen molar-refractivity contribution in [3.05, 3.63) is 96.3 Å².